The Hall–Kier alpha value is -2.10. The van der Waals surface area contributed by atoms with E-state index in [0.29, 0.717) is 18.1 Å². The Bertz CT molecular complexity index is 477. The fraction of sp³-hybridized carbons (Fsp3) is 0.231. The smallest absolute Gasteiger partial charge is 0.313 e. The minimum atomic E-state index is -0.312. The van der Waals surface area contributed by atoms with Crippen LogP contribution in [0.4, 0.5) is 0 Å². The standard InChI is InChI=1S/C13H13NO3/c1-2-16-13(15)7-11-9-14-8-10-5-3-4-6-12(10)17-11/h3-6,8-9H,2,7H2,1H3. The van der Waals surface area contributed by atoms with Gasteiger partial charge in [-0.2, -0.15) is 0 Å². The molecule has 0 N–H and O–H groups in total. The Morgan fingerprint density at radius 3 is 3.06 bits per heavy atom. The van der Waals surface area contributed by atoms with Crippen molar-refractivity contribution in [2.75, 3.05) is 6.61 Å². The maximum atomic E-state index is 11.3. The summed E-state index contributed by atoms with van der Waals surface area (Å²) >= 11 is 0. The second-order valence-electron chi connectivity index (χ2n) is 3.50. The van der Waals surface area contributed by atoms with Gasteiger partial charge < -0.3 is 9.47 Å². The zero-order valence-corrected chi connectivity index (χ0v) is 9.55. The molecule has 0 aliphatic carbocycles. The van der Waals surface area contributed by atoms with Crippen molar-refractivity contribution in [1.29, 1.82) is 0 Å². The highest BCUT2D eigenvalue weighted by molar-refractivity contribution is 5.84. The van der Waals surface area contributed by atoms with Gasteiger partial charge in [0.2, 0.25) is 0 Å². The molecule has 1 aromatic carbocycles. The van der Waals surface area contributed by atoms with Gasteiger partial charge >= 0.3 is 5.97 Å². The summed E-state index contributed by atoms with van der Waals surface area (Å²) in [5, 5.41) is 0. The topological polar surface area (TPSA) is 47.9 Å². The van der Waals surface area contributed by atoms with Crippen LogP contribution in [0.3, 0.4) is 0 Å². The zero-order chi connectivity index (χ0) is 12.1. The van der Waals surface area contributed by atoms with Crippen LogP contribution in [0.5, 0.6) is 5.75 Å². The van der Waals surface area contributed by atoms with Gasteiger partial charge in [0.15, 0.2) is 0 Å². The Kier molecular flexibility index (Phi) is 3.55. The molecule has 0 saturated carbocycles. The van der Waals surface area contributed by atoms with Gasteiger partial charge in [0.1, 0.15) is 17.9 Å². The van der Waals surface area contributed by atoms with Crippen molar-refractivity contribution in [1.82, 2.24) is 0 Å². The first-order chi connectivity index (χ1) is 8.29. The van der Waals surface area contributed by atoms with Crippen LogP contribution in [-0.2, 0) is 9.53 Å². The third-order valence-corrected chi connectivity index (χ3v) is 2.22. The molecule has 17 heavy (non-hydrogen) atoms. The monoisotopic (exact) mass is 231 g/mol. The number of benzene rings is 1. The largest absolute Gasteiger partial charge is 0.466 e. The van der Waals surface area contributed by atoms with Crippen molar-refractivity contribution in [3.05, 3.63) is 41.8 Å². The number of para-hydroxylation sites is 1. The minimum absolute atomic E-state index is 0.0967. The number of hydrogen-bond donors (Lipinski definition) is 0. The number of carbonyl (C=O) groups is 1. The van der Waals surface area contributed by atoms with Gasteiger partial charge in [0, 0.05) is 11.8 Å². The van der Waals surface area contributed by atoms with Gasteiger partial charge in [-0.1, -0.05) is 12.1 Å². The molecule has 4 nitrogen and oxygen atoms in total. The molecular weight excluding hydrogens is 218 g/mol. The molecule has 0 saturated heterocycles. The molecule has 0 spiro atoms. The quantitative estimate of drug-likeness (QED) is 0.750. The molecule has 1 aliphatic rings. The highest BCUT2D eigenvalue weighted by Gasteiger charge is 2.12. The molecule has 0 amide bonds. The summed E-state index contributed by atoms with van der Waals surface area (Å²) in [6.45, 7) is 2.14. The molecule has 0 bridgehead atoms. The maximum Gasteiger partial charge on any atom is 0.313 e. The van der Waals surface area contributed by atoms with Gasteiger partial charge in [-0.15, -0.1) is 0 Å². The molecule has 1 heterocycles. The number of fused-ring (bicyclic) bond motifs is 1. The Morgan fingerprint density at radius 1 is 1.41 bits per heavy atom. The molecule has 1 aromatic rings. The van der Waals surface area contributed by atoms with E-state index >= 15 is 0 Å². The van der Waals surface area contributed by atoms with Gasteiger partial charge in [0.25, 0.3) is 0 Å². The van der Waals surface area contributed by atoms with E-state index < -0.39 is 0 Å². The number of carbonyl (C=O) groups excluding carboxylic acids is 1. The van der Waals surface area contributed by atoms with Crippen LogP contribution < -0.4 is 4.74 Å². The van der Waals surface area contributed by atoms with Crippen LogP contribution in [0.2, 0.25) is 0 Å². The fourth-order valence-electron chi connectivity index (χ4n) is 1.48. The molecule has 0 unspecified atom stereocenters. The third kappa shape index (κ3) is 2.93. The number of esters is 1. The molecule has 0 aromatic heterocycles. The summed E-state index contributed by atoms with van der Waals surface area (Å²) in [5.74, 6) is 0.877. The molecule has 2 rings (SSSR count). The van der Waals surface area contributed by atoms with E-state index in [1.807, 2.05) is 24.3 Å². The Balaban J connectivity index is 2.11. The highest BCUT2D eigenvalue weighted by Crippen LogP contribution is 2.22. The summed E-state index contributed by atoms with van der Waals surface area (Å²) < 4.78 is 10.5. The number of hydrogen-bond acceptors (Lipinski definition) is 4. The highest BCUT2D eigenvalue weighted by atomic mass is 16.5. The van der Waals surface area contributed by atoms with Gasteiger partial charge in [-0.3, -0.25) is 9.79 Å². The number of aliphatic imine (C=N–C) groups is 1. The Morgan fingerprint density at radius 2 is 2.24 bits per heavy atom. The van der Waals surface area contributed by atoms with Crippen LogP contribution in [-0.4, -0.2) is 18.8 Å². The van der Waals surface area contributed by atoms with Gasteiger partial charge in [-0.05, 0) is 19.1 Å². The van der Waals surface area contributed by atoms with Crippen LogP contribution >= 0.6 is 0 Å². The van der Waals surface area contributed by atoms with Crippen molar-refractivity contribution in [2.45, 2.75) is 13.3 Å². The minimum Gasteiger partial charge on any atom is -0.466 e. The van der Waals surface area contributed by atoms with Crippen LogP contribution in [0.1, 0.15) is 18.9 Å². The summed E-state index contributed by atoms with van der Waals surface area (Å²) in [7, 11) is 0. The summed E-state index contributed by atoms with van der Waals surface area (Å²) in [6.07, 6.45) is 3.34. The molecule has 1 aliphatic heterocycles. The van der Waals surface area contributed by atoms with Crippen molar-refractivity contribution in [2.24, 2.45) is 4.99 Å². The predicted molar refractivity (Wildman–Crippen MR) is 64.0 cm³/mol. The molecule has 4 heteroatoms. The van der Waals surface area contributed by atoms with Crippen molar-refractivity contribution in [3.63, 3.8) is 0 Å². The lowest BCUT2D eigenvalue weighted by Gasteiger charge is -2.09. The van der Waals surface area contributed by atoms with E-state index in [0.717, 1.165) is 5.56 Å². The maximum absolute atomic E-state index is 11.3. The van der Waals surface area contributed by atoms with Gasteiger partial charge in [-0.25, -0.2) is 0 Å². The average Bonchev–Trinajstić information content (AvgIpc) is 2.50. The second kappa shape index (κ2) is 5.30. The van der Waals surface area contributed by atoms with E-state index in [4.69, 9.17) is 9.47 Å². The van der Waals surface area contributed by atoms with E-state index in [9.17, 15) is 4.79 Å². The first-order valence-electron chi connectivity index (χ1n) is 5.44. The lowest BCUT2D eigenvalue weighted by atomic mass is 10.2. The van der Waals surface area contributed by atoms with E-state index in [1.54, 1.807) is 13.1 Å². The molecular formula is C13H13NO3. The summed E-state index contributed by atoms with van der Waals surface area (Å²) in [4.78, 5) is 15.4. The second-order valence-corrected chi connectivity index (χ2v) is 3.50. The zero-order valence-electron chi connectivity index (χ0n) is 9.55. The van der Waals surface area contributed by atoms with E-state index in [-0.39, 0.29) is 12.4 Å². The van der Waals surface area contributed by atoms with Crippen LogP contribution in [0.25, 0.3) is 0 Å². The van der Waals surface area contributed by atoms with Crippen molar-refractivity contribution >= 4 is 12.2 Å². The Labute approximate surface area is 99.6 Å². The number of nitrogens with zero attached hydrogens (tertiary/aromatic N) is 1. The van der Waals surface area contributed by atoms with E-state index in [1.165, 1.54) is 6.20 Å². The lowest BCUT2D eigenvalue weighted by Crippen LogP contribution is -2.08. The SMILES string of the molecule is CCOC(=O)CC1=CN=Cc2ccccc2O1. The van der Waals surface area contributed by atoms with Crippen molar-refractivity contribution in [3.8, 4) is 5.75 Å². The average molecular weight is 231 g/mol. The summed E-state index contributed by atoms with van der Waals surface area (Å²) in [6, 6.07) is 7.52. The first-order valence-corrected chi connectivity index (χ1v) is 5.44. The molecule has 88 valence electrons. The molecule has 0 fully saturated rings. The van der Waals surface area contributed by atoms with Crippen LogP contribution in [0, 0.1) is 0 Å². The number of rotatable bonds is 3. The fourth-order valence-corrected chi connectivity index (χ4v) is 1.48. The van der Waals surface area contributed by atoms with E-state index in [2.05, 4.69) is 4.99 Å². The molecule has 0 radical (unpaired) electrons. The molecule has 0 atom stereocenters. The number of ether oxygens (including phenoxy) is 2. The normalized spacial score (nSPS) is 13.1. The predicted octanol–water partition coefficient (Wildman–Crippen LogP) is 2.29. The third-order valence-electron chi connectivity index (χ3n) is 2.22. The van der Waals surface area contributed by atoms with Crippen molar-refractivity contribution < 1.29 is 14.3 Å². The first kappa shape index (κ1) is 11.4. The lowest BCUT2D eigenvalue weighted by molar-refractivity contribution is -0.142. The van der Waals surface area contributed by atoms with Crippen LogP contribution in [0.15, 0.2) is 41.2 Å². The summed E-state index contributed by atoms with van der Waals surface area (Å²) in [5.41, 5.74) is 0.891. The van der Waals surface area contributed by atoms with Gasteiger partial charge in [0.05, 0.1) is 12.8 Å².